The summed E-state index contributed by atoms with van der Waals surface area (Å²) in [6.07, 6.45) is 0. The summed E-state index contributed by atoms with van der Waals surface area (Å²) in [5.41, 5.74) is 15.7. The van der Waals surface area contributed by atoms with Gasteiger partial charge >= 0.3 is 0 Å². The van der Waals surface area contributed by atoms with Gasteiger partial charge in [0.05, 0.1) is 23.3 Å². The second kappa shape index (κ2) is 20.7. The molecule has 0 radical (unpaired) electrons. The van der Waals surface area contributed by atoms with Gasteiger partial charge in [-0.15, -0.1) is 0 Å². The Morgan fingerprint density at radius 3 is 1.07 bits per heavy atom. The third-order valence-electron chi connectivity index (χ3n) is 13.3. The molecule has 2 aromatic heterocycles. The van der Waals surface area contributed by atoms with Gasteiger partial charge < -0.3 is 0 Å². The first kappa shape index (κ1) is 46.3. The molecule has 0 N–H and O–H groups in total. The lowest BCUT2D eigenvalue weighted by Gasteiger charge is -2.19. The van der Waals surface area contributed by atoms with Crippen LogP contribution in [0, 0.1) is 22.7 Å². The maximum Gasteiger partial charge on any atom is 0.164 e. The Morgan fingerprint density at radius 2 is 0.526 bits per heavy atom. The zero-order valence-electron chi connectivity index (χ0n) is 40.8. The molecule has 0 aliphatic carbocycles. The molecule has 0 fully saturated rings. The molecule has 2 heterocycles. The van der Waals surface area contributed by atoms with Crippen molar-refractivity contribution in [2.45, 2.75) is 0 Å². The summed E-state index contributed by atoms with van der Waals surface area (Å²) in [7, 11) is 0. The van der Waals surface area contributed by atoms with Crippen LogP contribution >= 0.6 is 0 Å². The molecule has 0 aliphatic rings. The molecule has 12 aromatic rings. The molecular weight excluding hydrogens is 929 g/mol. The molecule has 8 heteroatoms. The van der Waals surface area contributed by atoms with E-state index in [4.69, 9.17) is 29.9 Å². The second-order valence-corrected chi connectivity index (χ2v) is 18.1. The first-order valence-electron chi connectivity index (χ1n) is 24.8. The van der Waals surface area contributed by atoms with E-state index >= 15 is 0 Å². The van der Waals surface area contributed by atoms with Crippen LogP contribution in [0.1, 0.15) is 11.1 Å². The van der Waals surface area contributed by atoms with Crippen molar-refractivity contribution in [2.24, 2.45) is 0 Å². The fraction of sp³-hybridized carbons (Fsp3) is 0. The lowest BCUT2D eigenvalue weighted by atomic mass is 9.85. The van der Waals surface area contributed by atoms with Crippen LogP contribution in [-0.4, -0.2) is 29.9 Å². The van der Waals surface area contributed by atoms with Crippen LogP contribution in [0.4, 0.5) is 0 Å². The van der Waals surface area contributed by atoms with E-state index in [0.717, 1.165) is 89.0 Å². The second-order valence-electron chi connectivity index (χ2n) is 18.1. The molecule has 0 atom stereocenters. The van der Waals surface area contributed by atoms with E-state index in [0.29, 0.717) is 46.1 Å². The van der Waals surface area contributed by atoms with Crippen molar-refractivity contribution in [2.75, 3.05) is 0 Å². The van der Waals surface area contributed by atoms with Gasteiger partial charge in [0.1, 0.15) is 0 Å². The maximum absolute atomic E-state index is 10.1. The number of hydrogen-bond acceptors (Lipinski definition) is 8. The average molecular weight is 971 g/mol. The number of nitrogens with zero attached hydrogens (tertiary/aromatic N) is 8. The van der Waals surface area contributed by atoms with Crippen LogP contribution in [0.15, 0.2) is 255 Å². The van der Waals surface area contributed by atoms with Gasteiger partial charge in [0, 0.05) is 33.4 Å². The van der Waals surface area contributed by atoms with Crippen LogP contribution in [0.5, 0.6) is 0 Å². The summed E-state index contributed by atoms with van der Waals surface area (Å²) < 4.78 is 0. The number of nitriles is 2. The summed E-state index contributed by atoms with van der Waals surface area (Å²) in [4.78, 5) is 30.8. The monoisotopic (exact) mass is 970 g/mol. The molecule has 76 heavy (non-hydrogen) atoms. The quantitative estimate of drug-likeness (QED) is 0.125. The van der Waals surface area contributed by atoms with Gasteiger partial charge in [-0.2, -0.15) is 10.5 Å². The van der Waals surface area contributed by atoms with Crippen molar-refractivity contribution < 1.29 is 0 Å². The molecule has 0 unspecified atom stereocenters. The van der Waals surface area contributed by atoms with Crippen LogP contribution in [0.3, 0.4) is 0 Å². The Bertz CT molecular complexity index is 4140. The van der Waals surface area contributed by atoms with Gasteiger partial charge in [-0.1, -0.05) is 218 Å². The highest BCUT2D eigenvalue weighted by molar-refractivity contribution is 5.99. The Morgan fingerprint density at radius 1 is 0.211 bits per heavy atom. The fourth-order valence-corrected chi connectivity index (χ4v) is 9.65. The zero-order chi connectivity index (χ0) is 51.2. The third-order valence-corrected chi connectivity index (χ3v) is 13.3. The Balaban J connectivity index is 1.04. The van der Waals surface area contributed by atoms with Crippen molar-refractivity contribution in [3.05, 3.63) is 266 Å². The number of hydrogen-bond donors (Lipinski definition) is 0. The van der Waals surface area contributed by atoms with Gasteiger partial charge in [0.2, 0.25) is 0 Å². The summed E-state index contributed by atoms with van der Waals surface area (Å²) in [5.74, 6) is 3.28. The van der Waals surface area contributed by atoms with Crippen LogP contribution in [-0.2, 0) is 0 Å². The van der Waals surface area contributed by atoms with Gasteiger partial charge in [0.15, 0.2) is 34.9 Å². The number of rotatable bonds is 11. The summed E-state index contributed by atoms with van der Waals surface area (Å²) in [6.45, 7) is 0. The molecule has 0 saturated carbocycles. The lowest BCUT2D eigenvalue weighted by molar-refractivity contribution is 1.07. The molecule has 0 spiro atoms. The van der Waals surface area contributed by atoms with E-state index < -0.39 is 0 Å². The highest BCUT2D eigenvalue weighted by Gasteiger charge is 2.22. The fourth-order valence-electron chi connectivity index (χ4n) is 9.65. The SMILES string of the molecule is N#Cc1cccc(-c2cccc(-c3nc(-c4ccccc4)nc(-c4ccccc4-c4cccc(-c5cccc(C#N)c5)c4-c4cccc(-c5ccccc5-c5nc(-c6ccccc6)nc(-c6ccccc6)n5)c4)n3)c2)c1. The van der Waals surface area contributed by atoms with E-state index in [1.807, 2.05) is 170 Å². The first-order valence-corrected chi connectivity index (χ1v) is 24.8. The van der Waals surface area contributed by atoms with E-state index in [1.54, 1.807) is 6.07 Å². The molecule has 12 rings (SSSR count). The largest absolute Gasteiger partial charge is 0.208 e. The number of aromatic nitrogens is 6. The minimum absolute atomic E-state index is 0.504. The van der Waals surface area contributed by atoms with E-state index in [2.05, 4.69) is 91.0 Å². The van der Waals surface area contributed by atoms with Crippen molar-refractivity contribution in [1.29, 1.82) is 10.5 Å². The van der Waals surface area contributed by atoms with Crippen molar-refractivity contribution in [3.63, 3.8) is 0 Å². The Hall–Kier alpha value is -10.8. The highest BCUT2D eigenvalue weighted by Crippen LogP contribution is 2.45. The summed E-state index contributed by atoms with van der Waals surface area (Å²) in [5, 5.41) is 19.8. The molecule has 8 nitrogen and oxygen atoms in total. The van der Waals surface area contributed by atoms with Gasteiger partial charge in [-0.05, 0) is 92.0 Å². The van der Waals surface area contributed by atoms with Crippen LogP contribution in [0.25, 0.3) is 124 Å². The van der Waals surface area contributed by atoms with Crippen LogP contribution < -0.4 is 0 Å². The van der Waals surface area contributed by atoms with Crippen LogP contribution in [0.2, 0.25) is 0 Å². The zero-order valence-corrected chi connectivity index (χ0v) is 40.8. The smallest absolute Gasteiger partial charge is 0.164 e. The Kier molecular flexibility index (Phi) is 12.6. The molecule has 354 valence electrons. The molecule has 0 amide bonds. The van der Waals surface area contributed by atoms with Crippen molar-refractivity contribution in [1.82, 2.24) is 29.9 Å². The molecular formula is C68H42N8. The molecule has 0 bridgehead atoms. The van der Waals surface area contributed by atoms with E-state index in [9.17, 15) is 10.5 Å². The predicted octanol–water partition coefficient (Wildman–Crippen LogP) is 16.1. The van der Waals surface area contributed by atoms with E-state index in [1.165, 1.54) is 0 Å². The standard InChI is InChI=1S/C68H42N8/c69-43-45-19-14-27-50(39-45)51-28-16-32-55(41-51)66-72-65(49-25-8-3-9-26-49)75-68(76-66)61-36-13-11-34-58(61)59-38-18-37-57(52-29-15-20-46(40-52)44-70)62(59)54-31-17-30-53(42-54)56-33-10-12-35-60(56)67-73-63(47-21-4-1-5-22-47)71-64(74-67)48-23-6-2-7-24-48/h1-42H. The van der Waals surface area contributed by atoms with E-state index in [-0.39, 0.29) is 0 Å². The maximum atomic E-state index is 10.1. The van der Waals surface area contributed by atoms with Gasteiger partial charge in [-0.25, -0.2) is 29.9 Å². The average Bonchev–Trinajstić information content (AvgIpc) is 3.55. The topological polar surface area (TPSA) is 125 Å². The normalized spacial score (nSPS) is 10.9. The summed E-state index contributed by atoms with van der Waals surface area (Å²) in [6, 6.07) is 89.4. The number of benzene rings is 10. The highest BCUT2D eigenvalue weighted by atomic mass is 15.0. The third kappa shape index (κ3) is 9.41. The van der Waals surface area contributed by atoms with Crippen molar-refractivity contribution in [3.8, 4) is 136 Å². The molecule has 0 aliphatic heterocycles. The Labute approximate surface area is 440 Å². The molecule has 10 aromatic carbocycles. The lowest BCUT2D eigenvalue weighted by Crippen LogP contribution is -2.02. The van der Waals surface area contributed by atoms with Gasteiger partial charge in [0.25, 0.3) is 0 Å². The minimum atomic E-state index is 0.504. The first-order chi connectivity index (χ1) is 37.6. The minimum Gasteiger partial charge on any atom is -0.208 e. The van der Waals surface area contributed by atoms with Gasteiger partial charge in [-0.3, -0.25) is 0 Å². The predicted molar refractivity (Wildman–Crippen MR) is 302 cm³/mol. The summed E-state index contributed by atoms with van der Waals surface area (Å²) >= 11 is 0. The van der Waals surface area contributed by atoms with Crippen molar-refractivity contribution >= 4 is 0 Å². The molecule has 0 saturated heterocycles.